The normalized spacial score (nSPS) is 10.5. The van der Waals surface area contributed by atoms with E-state index in [4.69, 9.17) is 31.6 Å². The second kappa shape index (κ2) is 16.4. The molecule has 0 saturated carbocycles. The van der Waals surface area contributed by atoms with Gasteiger partial charge in [-0.15, -0.1) is 11.6 Å². The van der Waals surface area contributed by atoms with Gasteiger partial charge in [-0.3, -0.25) is 4.57 Å². The molecule has 42 heavy (non-hydrogen) atoms. The number of methoxy groups -OCH3 is 2. The van der Waals surface area contributed by atoms with Crippen molar-refractivity contribution in [3.63, 3.8) is 0 Å². The summed E-state index contributed by atoms with van der Waals surface area (Å²) in [6.07, 6.45) is 4.44. The van der Waals surface area contributed by atoms with Gasteiger partial charge >= 0.3 is 0 Å². The van der Waals surface area contributed by atoms with Crippen LogP contribution in [0.2, 0.25) is 0 Å². The fourth-order valence-electron chi connectivity index (χ4n) is 3.97. The highest BCUT2D eigenvalue weighted by atomic mass is 35.5. The number of halogens is 1. The van der Waals surface area contributed by atoms with Gasteiger partial charge in [-0.25, -0.2) is 9.98 Å². The molecule has 1 heterocycles. The molecule has 0 aliphatic heterocycles. The number of alkyl halides is 1. The minimum absolute atomic E-state index is 0.111. The Morgan fingerprint density at radius 1 is 0.881 bits per heavy atom. The molecule has 0 amide bonds. The van der Waals surface area contributed by atoms with E-state index in [2.05, 4.69) is 33.6 Å². The van der Waals surface area contributed by atoms with E-state index in [0.29, 0.717) is 12.1 Å². The number of rotatable bonds is 7. The van der Waals surface area contributed by atoms with Crippen LogP contribution in [0.3, 0.4) is 0 Å². The number of aliphatic imine (C=N–C) groups is 1. The van der Waals surface area contributed by atoms with Crippen molar-refractivity contribution in [1.82, 2.24) is 9.55 Å². The van der Waals surface area contributed by atoms with Crippen LogP contribution in [0.25, 0.3) is 17.1 Å². The van der Waals surface area contributed by atoms with Crippen molar-refractivity contribution in [2.24, 2.45) is 10.7 Å². The van der Waals surface area contributed by atoms with E-state index in [1.807, 2.05) is 104 Å². The summed E-state index contributed by atoms with van der Waals surface area (Å²) in [6, 6.07) is 31.7. The van der Waals surface area contributed by atoms with Gasteiger partial charge in [0.05, 0.1) is 25.8 Å². The van der Waals surface area contributed by atoms with Gasteiger partial charge in [0.25, 0.3) is 0 Å². The van der Waals surface area contributed by atoms with E-state index in [1.165, 1.54) is 5.56 Å². The standard InChI is InChI=1S/C17H16N2O.C15H16N2O.C2H3ClO/c1-13-6-3-4-9-16(13)19-11-10-18-17(19)14-7-5-8-15(12-14)20-2;1-11-6-3-4-9-14(11)17-15(16)12-7-5-8-13(10-12)18-2;3-1-2-4/h3-12H,1-2H3;3-10H,1-2H3,(H2,16,17);2H,1H2. The first-order valence-corrected chi connectivity index (χ1v) is 13.7. The van der Waals surface area contributed by atoms with Crippen molar-refractivity contribution >= 4 is 29.4 Å². The number of aryl methyl sites for hydroxylation is 2. The number of para-hydroxylation sites is 2. The molecule has 8 heteroatoms. The predicted molar refractivity (Wildman–Crippen MR) is 172 cm³/mol. The van der Waals surface area contributed by atoms with Crippen LogP contribution in [-0.2, 0) is 4.79 Å². The number of carbonyl (C=O) groups excluding carboxylic acids is 1. The van der Waals surface area contributed by atoms with E-state index < -0.39 is 0 Å². The quantitative estimate of drug-likeness (QED) is 0.0939. The number of aldehydes is 1. The zero-order valence-electron chi connectivity index (χ0n) is 24.2. The smallest absolute Gasteiger partial charge is 0.144 e. The van der Waals surface area contributed by atoms with Crippen LogP contribution < -0.4 is 15.2 Å². The van der Waals surface area contributed by atoms with Gasteiger partial charge in [-0.1, -0.05) is 60.7 Å². The Hall–Kier alpha value is -4.88. The lowest BCUT2D eigenvalue weighted by Gasteiger charge is -2.11. The summed E-state index contributed by atoms with van der Waals surface area (Å²) in [5.41, 5.74) is 12.3. The van der Waals surface area contributed by atoms with Gasteiger partial charge in [0, 0.05) is 29.2 Å². The van der Waals surface area contributed by atoms with Crippen molar-refractivity contribution in [3.8, 4) is 28.6 Å². The Morgan fingerprint density at radius 2 is 1.50 bits per heavy atom. The molecule has 0 aliphatic rings. The number of nitrogens with zero attached hydrogens (tertiary/aromatic N) is 3. The highest BCUT2D eigenvalue weighted by Gasteiger charge is 2.10. The predicted octanol–water partition coefficient (Wildman–Crippen LogP) is 7.32. The molecule has 0 saturated heterocycles. The maximum absolute atomic E-state index is 9.04. The van der Waals surface area contributed by atoms with E-state index >= 15 is 0 Å². The van der Waals surface area contributed by atoms with Crippen molar-refractivity contribution in [2.75, 3.05) is 20.1 Å². The second-order valence-electron chi connectivity index (χ2n) is 8.98. The average molecular weight is 583 g/mol. The number of nitrogens with two attached hydrogens (primary N) is 1. The maximum Gasteiger partial charge on any atom is 0.144 e. The molecule has 4 aromatic carbocycles. The number of ether oxygens (including phenoxy) is 2. The Labute approximate surface area is 252 Å². The van der Waals surface area contributed by atoms with Crippen LogP contribution in [0.5, 0.6) is 11.5 Å². The topological polar surface area (TPSA) is 91.7 Å². The minimum Gasteiger partial charge on any atom is -0.497 e. The van der Waals surface area contributed by atoms with Gasteiger partial charge < -0.3 is 20.0 Å². The summed E-state index contributed by atoms with van der Waals surface area (Å²) in [4.78, 5) is 18.0. The largest absolute Gasteiger partial charge is 0.497 e. The van der Waals surface area contributed by atoms with Gasteiger partial charge in [0.15, 0.2) is 0 Å². The summed E-state index contributed by atoms with van der Waals surface area (Å²) >= 11 is 4.82. The summed E-state index contributed by atoms with van der Waals surface area (Å²) in [5, 5.41) is 0. The molecule has 0 atom stereocenters. The summed E-state index contributed by atoms with van der Waals surface area (Å²) in [7, 11) is 3.31. The van der Waals surface area contributed by atoms with E-state index in [-0.39, 0.29) is 5.88 Å². The third-order valence-corrected chi connectivity index (χ3v) is 6.25. The number of imidazole rings is 1. The van der Waals surface area contributed by atoms with Crippen molar-refractivity contribution < 1.29 is 14.3 Å². The number of hydrogen-bond donors (Lipinski definition) is 1. The van der Waals surface area contributed by atoms with Crippen LogP contribution in [0, 0.1) is 13.8 Å². The van der Waals surface area contributed by atoms with Crippen LogP contribution in [0.15, 0.2) is 114 Å². The first-order valence-electron chi connectivity index (χ1n) is 13.2. The molecule has 5 rings (SSSR count). The Kier molecular flexibility index (Phi) is 12.4. The highest BCUT2D eigenvalue weighted by Crippen LogP contribution is 2.26. The summed E-state index contributed by atoms with van der Waals surface area (Å²) < 4.78 is 12.6. The molecule has 0 unspecified atom stereocenters. The number of hydrogen-bond acceptors (Lipinski definition) is 5. The lowest BCUT2D eigenvalue weighted by atomic mass is 10.1. The van der Waals surface area contributed by atoms with E-state index in [1.54, 1.807) is 14.2 Å². The third-order valence-electron chi connectivity index (χ3n) is 6.13. The van der Waals surface area contributed by atoms with E-state index in [9.17, 15) is 0 Å². The lowest BCUT2D eigenvalue weighted by Crippen LogP contribution is -2.12. The molecule has 0 bridgehead atoms. The molecule has 0 fully saturated rings. The molecule has 5 aromatic rings. The van der Waals surface area contributed by atoms with Gasteiger partial charge in [-0.2, -0.15) is 0 Å². The minimum atomic E-state index is 0.111. The van der Waals surface area contributed by atoms with Crippen molar-refractivity contribution in [1.29, 1.82) is 0 Å². The molecule has 216 valence electrons. The molecule has 7 nitrogen and oxygen atoms in total. The summed E-state index contributed by atoms with van der Waals surface area (Å²) in [6.45, 7) is 4.11. The van der Waals surface area contributed by atoms with Gasteiger partial charge in [-0.05, 0) is 61.4 Å². The SMILES string of the molecule is COc1cccc(-c2nccn2-c2ccccc2C)c1.COc1cccc(C(N)=Nc2ccccc2C)c1.O=CCCl. The Balaban J connectivity index is 0.000000206. The number of aromatic nitrogens is 2. The van der Waals surface area contributed by atoms with Crippen molar-refractivity contribution in [2.45, 2.75) is 13.8 Å². The molecule has 0 spiro atoms. The van der Waals surface area contributed by atoms with Crippen LogP contribution in [-0.4, -0.2) is 41.8 Å². The Morgan fingerprint density at radius 3 is 2.14 bits per heavy atom. The molecule has 0 radical (unpaired) electrons. The molecular weight excluding hydrogens is 548 g/mol. The first-order chi connectivity index (χ1) is 20.4. The van der Waals surface area contributed by atoms with Crippen LogP contribution >= 0.6 is 11.6 Å². The number of amidine groups is 1. The number of benzene rings is 4. The van der Waals surface area contributed by atoms with Crippen LogP contribution in [0.4, 0.5) is 5.69 Å². The van der Waals surface area contributed by atoms with Gasteiger partial charge in [0.1, 0.15) is 29.4 Å². The summed E-state index contributed by atoms with van der Waals surface area (Å²) in [5.74, 6) is 3.12. The highest BCUT2D eigenvalue weighted by molar-refractivity contribution is 6.24. The molecule has 0 aliphatic carbocycles. The zero-order chi connectivity index (χ0) is 30.3. The third kappa shape index (κ3) is 8.81. The molecule has 2 N–H and O–H groups in total. The van der Waals surface area contributed by atoms with Crippen LogP contribution in [0.1, 0.15) is 16.7 Å². The Bertz CT molecular complexity index is 1610. The first kappa shape index (κ1) is 31.6. The number of carbonyl (C=O) groups is 1. The van der Waals surface area contributed by atoms with Crippen molar-refractivity contribution in [3.05, 3.63) is 126 Å². The lowest BCUT2D eigenvalue weighted by molar-refractivity contribution is -0.105. The average Bonchev–Trinajstić information content (AvgIpc) is 3.53. The second-order valence-corrected chi connectivity index (χ2v) is 9.28. The zero-order valence-corrected chi connectivity index (χ0v) is 25.0. The maximum atomic E-state index is 9.04. The fourth-order valence-corrected chi connectivity index (χ4v) is 3.97. The van der Waals surface area contributed by atoms with Gasteiger partial charge in [0.2, 0.25) is 0 Å². The molecular formula is C34H35ClN4O3. The monoisotopic (exact) mass is 582 g/mol. The molecule has 1 aromatic heterocycles. The fraction of sp³-hybridized carbons (Fsp3) is 0.147. The van der Waals surface area contributed by atoms with E-state index in [0.717, 1.165) is 45.4 Å².